The highest BCUT2D eigenvalue weighted by Gasteiger charge is 2.54. The quantitative estimate of drug-likeness (QED) is 0.598. The molecule has 0 atom stereocenters. The molecule has 0 aromatic heterocycles. The molecule has 1 aliphatic heterocycles. The molecule has 0 bridgehead atoms. The van der Waals surface area contributed by atoms with Gasteiger partial charge in [0.2, 0.25) is 0 Å². The number of carbonyl (C=O) groups is 1. The molecule has 0 radical (unpaired) electrons. The van der Waals surface area contributed by atoms with Crippen LogP contribution in [0.5, 0.6) is 17.2 Å². The van der Waals surface area contributed by atoms with Gasteiger partial charge in [-0.25, -0.2) is 0 Å². The maximum atomic E-state index is 13.6. The van der Waals surface area contributed by atoms with E-state index in [1.165, 1.54) is 0 Å². The number of nitrogens with zero attached hydrogens (tertiary/aromatic N) is 1. The third-order valence-electron chi connectivity index (χ3n) is 5.73. The van der Waals surface area contributed by atoms with Gasteiger partial charge in [0.15, 0.2) is 11.5 Å². The van der Waals surface area contributed by atoms with Crippen molar-refractivity contribution in [2.45, 2.75) is 12.1 Å². The van der Waals surface area contributed by atoms with Gasteiger partial charge in [0.1, 0.15) is 17.2 Å². The van der Waals surface area contributed by atoms with E-state index in [-0.39, 0.29) is 11.9 Å². The predicted molar refractivity (Wildman–Crippen MR) is 121 cm³/mol. The molecule has 1 amide bonds. The average molecular weight is 431 g/mol. The third kappa shape index (κ3) is 3.51. The summed E-state index contributed by atoms with van der Waals surface area (Å²) in [5.74, 6) is 1.83. The highest BCUT2D eigenvalue weighted by Crippen LogP contribution is 2.41. The summed E-state index contributed by atoms with van der Waals surface area (Å²) in [5.41, 5.74) is 1.13. The molecule has 1 fully saturated rings. The number of ether oxygens (including phenoxy) is 3. The summed E-state index contributed by atoms with van der Waals surface area (Å²) in [6.45, 7) is 0.326. The van der Waals surface area contributed by atoms with E-state index in [1.807, 2.05) is 72.8 Å². The van der Waals surface area contributed by atoms with Crippen LogP contribution in [0.1, 0.15) is 16.7 Å². The van der Waals surface area contributed by atoms with Crippen molar-refractivity contribution < 1.29 is 19.0 Å². The fourth-order valence-electron chi connectivity index (χ4n) is 4.11. The topological polar surface area (TPSA) is 83.9 Å². The first-order valence-corrected chi connectivity index (χ1v) is 10.1. The lowest BCUT2D eigenvalue weighted by molar-refractivity contribution is -0.125. The van der Waals surface area contributed by atoms with Gasteiger partial charge in [0.05, 0.1) is 21.3 Å². The van der Waals surface area contributed by atoms with Gasteiger partial charge in [-0.1, -0.05) is 36.4 Å². The van der Waals surface area contributed by atoms with Crippen molar-refractivity contribution in [1.29, 1.82) is 5.41 Å². The molecule has 0 saturated carbocycles. The number of rotatable bonds is 7. The van der Waals surface area contributed by atoms with Crippen molar-refractivity contribution in [1.82, 2.24) is 10.2 Å². The van der Waals surface area contributed by atoms with E-state index in [0.717, 1.165) is 16.7 Å². The monoisotopic (exact) mass is 431 g/mol. The molecule has 1 aliphatic rings. The predicted octanol–water partition coefficient (Wildman–Crippen LogP) is 3.52. The van der Waals surface area contributed by atoms with Crippen LogP contribution in [0.15, 0.2) is 72.8 Å². The molecule has 0 unspecified atom stereocenters. The number of nitrogens with one attached hydrogen (secondary N) is 2. The number of carbonyl (C=O) groups excluding carboxylic acids is 1. The Labute approximate surface area is 187 Å². The lowest BCUT2D eigenvalue weighted by Crippen LogP contribution is -2.47. The van der Waals surface area contributed by atoms with Gasteiger partial charge in [-0.3, -0.25) is 15.5 Å². The SMILES string of the molecule is COc1ccc(C2(c3ccc(OC)cc3)C(=O)NC(=N)N2Cc2cccc(OC)c2)cc1. The van der Waals surface area contributed by atoms with Crippen LogP contribution in [0.25, 0.3) is 0 Å². The molecule has 32 heavy (non-hydrogen) atoms. The first kappa shape index (κ1) is 21.2. The molecule has 7 heteroatoms. The first-order chi connectivity index (χ1) is 15.5. The van der Waals surface area contributed by atoms with E-state index < -0.39 is 5.54 Å². The van der Waals surface area contributed by atoms with E-state index in [0.29, 0.717) is 23.8 Å². The van der Waals surface area contributed by atoms with Crippen LogP contribution < -0.4 is 19.5 Å². The van der Waals surface area contributed by atoms with Crippen LogP contribution in [-0.4, -0.2) is 38.1 Å². The molecular weight excluding hydrogens is 406 g/mol. The molecule has 164 valence electrons. The van der Waals surface area contributed by atoms with Crippen LogP contribution in [0.3, 0.4) is 0 Å². The summed E-state index contributed by atoms with van der Waals surface area (Å²) in [5, 5.41) is 11.3. The third-order valence-corrected chi connectivity index (χ3v) is 5.73. The number of benzene rings is 3. The Morgan fingerprint density at radius 3 is 1.84 bits per heavy atom. The Hall–Kier alpha value is -4.00. The lowest BCUT2D eigenvalue weighted by atomic mass is 9.81. The summed E-state index contributed by atoms with van der Waals surface area (Å²) >= 11 is 0. The molecule has 0 aliphatic carbocycles. The lowest BCUT2D eigenvalue weighted by Gasteiger charge is -2.37. The number of hydrogen-bond acceptors (Lipinski definition) is 5. The minimum atomic E-state index is -1.24. The van der Waals surface area contributed by atoms with Gasteiger partial charge in [-0.2, -0.15) is 0 Å². The zero-order valence-corrected chi connectivity index (χ0v) is 18.2. The minimum absolute atomic E-state index is 0.0319. The Balaban J connectivity index is 1.89. The molecule has 3 aromatic carbocycles. The summed E-state index contributed by atoms with van der Waals surface area (Å²) in [7, 11) is 4.81. The molecule has 4 rings (SSSR count). The fraction of sp³-hybridized carbons (Fsp3) is 0.200. The molecule has 7 nitrogen and oxygen atoms in total. The molecule has 1 saturated heterocycles. The van der Waals surface area contributed by atoms with E-state index in [2.05, 4.69) is 5.32 Å². The molecule has 0 spiro atoms. The number of amides is 1. The average Bonchev–Trinajstić information content (AvgIpc) is 3.09. The number of methoxy groups -OCH3 is 3. The van der Waals surface area contributed by atoms with Crippen molar-refractivity contribution in [3.63, 3.8) is 0 Å². The number of guanidine groups is 1. The number of hydrogen-bond donors (Lipinski definition) is 2. The van der Waals surface area contributed by atoms with E-state index in [1.54, 1.807) is 26.2 Å². The highest BCUT2D eigenvalue weighted by molar-refractivity contribution is 6.10. The smallest absolute Gasteiger partial charge is 0.262 e. The van der Waals surface area contributed by atoms with E-state index in [9.17, 15) is 4.79 Å². The molecular formula is C25H25N3O4. The van der Waals surface area contributed by atoms with Crippen LogP contribution >= 0.6 is 0 Å². The maximum Gasteiger partial charge on any atom is 0.262 e. The highest BCUT2D eigenvalue weighted by atomic mass is 16.5. The van der Waals surface area contributed by atoms with Crippen molar-refractivity contribution in [2.24, 2.45) is 0 Å². The van der Waals surface area contributed by atoms with Gasteiger partial charge >= 0.3 is 0 Å². The second-order valence-corrected chi connectivity index (χ2v) is 7.41. The van der Waals surface area contributed by atoms with Crippen molar-refractivity contribution in [3.8, 4) is 17.2 Å². The zero-order chi connectivity index (χ0) is 22.7. The van der Waals surface area contributed by atoms with Gasteiger partial charge < -0.3 is 19.1 Å². The molecule has 1 heterocycles. The van der Waals surface area contributed by atoms with E-state index >= 15 is 0 Å². The van der Waals surface area contributed by atoms with E-state index in [4.69, 9.17) is 19.6 Å². The zero-order valence-electron chi connectivity index (χ0n) is 18.2. The van der Waals surface area contributed by atoms with Crippen molar-refractivity contribution >= 4 is 11.9 Å². The molecule has 2 N–H and O–H groups in total. The Morgan fingerprint density at radius 2 is 1.34 bits per heavy atom. The Morgan fingerprint density at radius 1 is 0.812 bits per heavy atom. The van der Waals surface area contributed by atoms with Crippen molar-refractivity contribution in [3.05, 3.63) is 89.5 Å². The van der Waals surface area contributed by atoms with Crippen LogP contribution in [0, 0.1) is 5.41 Å². The van der Waals surface area contributed by atoms with Crippen LogP contribution in [0.4, 0.5) is 0 Å². The van der Waals surface area contributed by atoms with Gasteiger partial charge in [-0.15, -0.1) is 0 Å². The first-order valence-electron chi connectivity index (χ1n) is 10.1. The largest absolute Gasteiger partial charge is 0.497 e. The van der Waals surface area contributed by atoms with Crippen LogP contribution in [-0.2, 0) is 16.9 Å². The maximum absolute atomic E-state index is 13.6. The summed E-state index contributed by atoms with van der Waals surface area (Å²) in [6, 6.07) is 22.3. The Kier molecular flexibility index (Phi) is 5.73. The summed E-state index contributed by atoms with van der Waals surface area (Å²) < 4.78 is 16.0. The fourth-order valence-corrected chi connectivity index (χ4v) is 4.11. The Bertz CT molecular complexity index is 1080. The van der Waals surface area contributed by atoms with Gasteiger partial charge in [0.25, 0.3) is 5.91 Å². The van der Waals surface area contributed by atoms with Gasteiger partial charge in [-0.05, 0) is 53.1 Å². The van der Waals surface area contributed by atoms with Crippen molar-refractivity contribution in [2.75, 3.05) is 21.3 Å². The van der Waals surface area contributed by atoms with Crippen LogP contribution in [0.2, 0.25) is 0 Å². The minimum Gasteiger partial charge on any atom is -0.497 e. The normalized spacial score (nSPS) is 14.8. The van der Waals surface area contributed by atoms with Gasteiger partial charge in [0, 0.05) is 6.54 Å². The molecule has 3 aromatic rings. The second kappa shape index (κ2) is 8.63. The summed E-state index contributed by atoms with van der Waals surface area (Å²) in [6.07, 6.45) is 0. The second-order valence-electron chi connectivity index (χ2n) is 7.41. The summed E-state index contributed by atoms with van der Waals surface area (Å²) in [4.78, 5) is 15.3. The standard InChI is InChI=1S/C25H25N3O4/c1-30-20-11-7-18(8-12-20)25(19-9-13-21(31-2)14-10-19)23(29)27-24(26)28(25)16-17-5-4-6-22(15-17)32-3/h4-15H,16H2,1-3H3,(H2,26,27,29).